The molecule has 0 unspecified atom stereocenters. The van der Waals surface area contributed by atoms with Gasteiger partial charge in [-0.05, 0) is 25.3 Å². The van der Waals surface area contributed by atoms with Crippen molar-refractivity contribution in [1.82, 2.24) is 24.2 Å². The molecule has 3 heterocycles. The molecule has 3 aromatic rings. The van der Waals surface area contributed by atoms with Crippen molar-refractivity contribution in [2.75, 3.05) is 25.5 Å². The summed E-state index contributed by atoms with van der Waals surface area (Å²) in [6.45, 7) is 4.24. The van der Waals surface area contributed by atoms with Crippen LogP contribution in [0.25, 0.3) is 5.82 Å². The van der Waals surface area contributed by atoms with Gasteiger partial charge in [-0.3, -0.25) is 4.57 Å². The number of hydrogen-bond donors (Lipinski definition) is 2. The lowest BCUT2D eigenvalue weighted by atomic mass is 10.4. The molecule has 0 fully saturated rings. The Morgan fingerprint density at radius 2 is 2.03 bits per heavy atom. The van der Waals surface area contributed by atoms with E-state index in [0.29, 0.717) is 11.6 Å². The zero-order valence-electron chi connectivity index (χ0n) is 16.0. The van der Waals surface area contributed by atoms with E-state index in [4.69, 9.17) is 0 Å². The predicted octanol–water partition coefficient (Wildman–Crippen LogP) is 1.52. The first-order chi connectivity index (χ1) is 13.8. The standard InChI is InChI=1S/C17H20N6O4S2/c1-11-12(2)23(10-21-11)15-8-14(19-9-20-15)18-5-6-22-29(25,26)13-4-7-28-16(13)17(24)27-3/h4,7-10,22H,5-6H2,1-3H3,(H,18,19,20). The lowest BCUT2D eigenvalue weighted by molar-refractivity contribution is 0.0602. The molecule has 154 valence electrons. The Morgan fingerprint density at radius 1 is 1.24 bits per heavy atom. The van der Waals surface area contributed by atoms with Gasteiger partial charge in [-0.15, -0.1) is 11.3 Å². The van der Waals surface area contributed by atoms with Crippen molar-refractivity contribution >= 4 is 33.1 Å². The van der Waals surface area contributed by atoms with Gasteiger partial charge in [0.05, 0.1) is 12.8 Å². The fourth-order valence-electron chi connectivity index (χ4n) is 2.51. The average molecular weight is 437 g/mol. The van der Waals surface area contributed by atoms with Crippen LogP contribution < -0.4 is 10.0 Å². The highest BCUT2D eigenvalue weighted by Gasteiger charge is 2.24. The van der Waals surface area contributed by atoms with Crippen molar-refractivity contribution in [3.8, 4) is 5.82 Å². The van der Waals surface area contributed by atoms with Gasteiger partial charge < -0.3 is 10.1 Å². The largest absolute Gasteiger partial charge is 0.465 e. The number of ether oxygens (including phenoxy) is 1. The number of hydrogen-bond acceptors (Lipinski definition) is 9. The number of carbonyl (C=O) groups is 1. The van der Waals surface area contributed by atoms with E-state index in [9.17, 15) is 13.2 Å². The third-order valence-corrected chi connectivity index (χ3v) is 6.69. The number of nitrogens with zero attached hydrogens (tertiary/aromatic N) is 4. The molecule has 0 bridgehead atoms. The molecule has 0 saturated heterocycles. The van der Waals surface area contributed by atoms with E-state index in [1.807, 2.05) is 18.4 Å². The Bertz CT molecular complexity index is 1120. The van der Waals surface area contributed by atoms with Gasteiger partial charge in [0.15, 0.2) is 0 Å². The molecule has 0 spiro atoms. The van der Waals surface area contributed by atoms with E-state index in [1.54, 1.807) is 12.4 Å². The minimum absolute atomic E-state index is 0.0411. The van der Waals surface area contributed by atoms with Gasteiger partial charge in [0.2, 0.25) is 10.0 Å². The van der Waals surface area contributed by atoms with Gasteiger partial charge in [-0.25, -0.2) is 32.9 Å². The van der Waals surface area contributed by atoms with E-state index in [-0.39, 0.29) is 22.9 Å². The molecular weight excluding hydrogens is 416 g/mol. The molecule has 29 heavy (non-hydrogen) atoms. The molecule has 0 radical (unpaired) electrons. The second-order valence-electron chi connectivity index (χ2n) is 5.98. The van der Waals surface area contributed by atoms with Crippen molar-refractivity contribution in [2.24, 2.45) is 0 Å². The molecule has 3 aromatic heterocycles. The number of anilines is 1. The number of rotatable bonds is 8. The predicted molar refractivity (Wildman–Crippen MR) is 108 cm³/mol. The molecule has 2 N–H and O–H groups in total. The zero-order valence-corrected chi connectivity index (χ0v) is 17.7. The van der Waals surface area contributed by atoms with Crippen LogP contribution in [0, 0.1) is 13.8 Å². The molecule has 0 aromatic carbocycles. The second kappa shape index (κ2) is 8.68. The van der Waals surface area contributed by atoms with Gasteiger partial charge in [-0.1, -0.05) is 0 Å². The molecular formula is C17H20N6O4S2. The number of nitrogens with one attached hydrogen (secondary N) is 2. The Balaban J connectivity index is 1.61. The fraction of sp³-hybridized carbons (Fsp3) is 0.294. The number of aromatic nitrogens is 4. The third kappa shape index (κ3) is 4.60. The lowest BCUT2D eigenvalue weighted by Crippen LogP contribution is -2.29. The van der Waals surface area contributed by atoms with Gasteiger partial charge >= 0.3 is 5.97 Å². The molecule has 0 saturated carbocycles. The number of aryl methyl sites for hydroxylation is 1. The van der Waals surface area contributed by atoms with E-state index in [1.165, 1.54) is 24.9 Å². The summed E-state index contributed by atoms with van der Waals surface area (Å²) in [6, 6.07) is 3.12. The molecule has 0 aliphatic heterocycles. The van der Waals surface area contributed by atoms with E-state index in [0.717, 1.165) is 22.7 Å². The maximum absolute atomic E-state index is 12.4. The summed E-state index contributed by atoms with van der Waals surface area (Å²) >= 11 is 1.01. The van der Waals surface area contributed by atoms with Crippen molar-refractivity contribution in [3.05, 3.63) is 46.4 Å². The summed E-state index contributed by atoms with van der Waals surface area (Å²) in [5.41, 5.74) is 1.88. The fourth-order valence-corrected chi connectivity index (χ4v) is 4.87. The first kappa shape index (κ1) is 20.9. The van der Waals surface area contributed by atoms with E-state index >= 15 is 0 Å². The van der Waals surface area contributed by atoms with Crippen LogP contribution in [0.15, 0.2) is 35.1 Å². The maximum atomic E-state index is 12.4. The molecule has 10 nitrogen and oxygen atoms in total. The highest BCUT2D eigenvalue weighted by atomic mass is 32.2. The Morgan fingerprint density at radius 3 is 2.72 bits per heavy atom. The van der Waals surface area contributed by atoms with Crippen molar-refractivity contribution in [2.45, 2.75) is 18.7 Å². The normalized spacial score (nSPS) is 11.4. The molecule has 0 atom stereocenters. The average Bonchev–Trinajstić information content (AvgIpc) is 3.33. The number of carbonyl (C=O) groups excluding carboxylic acids is 1. The Kier molecular flexibility index (Phi) is 6.25. The smallest absolute Gasteiger partial charge is 0.349 e. The minimum Gasteiger partial charge on any atom is -0.465 e. The Hall–Kier alpha value is -2.83. The van der Waals surface area contributed by atoms with Crippen LogP contribution in [-0.2, 0) is 14.8 Å². The summed E-state index contributed by atoms with van der Waals surface area (Å²) < 4.78 is 33.8. The first-order valence-electron chi connectivity index (χ1n) is 8.56. The van der Waals surface area contributed by atoms with Gasteiger partial charge in [-0.2, -0.15) is 0 Å². The number of sulfonamides is 1. The van der Waals surface area contributed by atoms with E-state index in [2.05, 4.69) is 29.7 Å². The molecule has 0 aliphatic rings. The molecule has 3 rings (SSSR count). The summed E-state index contributed by atoms with van der Waals surface area (Å²) in [5, 5.41) is 4.58. The number of imidazole rings is 1. The van der Waals surface area contributed by atoms with Crippen LogP contribution >= 0.6 is 11.3 Å². The molecule has 0 amide bonds. The summed E-state index contributed by atoms with van der Waals surface area (Å²) in [7, 11) is -2.63. The van der Waals surface area contributed by atoms with Gasteiger partial charge in [0.1, 0.15) is 34.1 Å². The van der Waals surface area contributed by atoms with Crippen LogP contribution in [-0.4, -0.2) is 54.1 Å². The third-order valence-electron chi connectivity index (χ3n) is 4.16. The second-order valence-corrected chi connectivity index (χ2v) is 8.63. The number of thiophene rings is 1. The SMILES string of the molecule is COC(=O)c1sccc1S(=O)(=O)NCCNc1cc(-n2cnc(C)c2C)ncn1. The summed E-state index contributed by atoms with van der Waals surface area (Å²) in [4.78, 5) is 24.3. The van der Waals surface area contributed by atoms with Crippen molar-refractivity contribution < 1.29 is 17.9 Å². The quantitative estimate of drug-likeness (QED) is 0.402. The number of esters is 1. The molecule has 12 heteroatoms. The summed E-state index contributed by atoms with van der Waals surface area (Å²) in [5.74, 6) is 0.518. The molecule has 0 aliphatic carbocycles. The van der Waals surface area contributed by atoms with Crippen LogP contribution in [0.4, 0.5) is 5.82 Å². The monoisotopic (exact) mass is 436 g/mol. The van der Waals surface area contributed by atoms with E-state index < -0.39 is 16.0 Å². The van der Waals surface area contributed by atoms with Crippen LogP contribution in [0.5, 0.6) is 0 Å². The van der Waals surface area contributed by atoms with Crippen LogP contribution in [0.1, 0.15) is 21.1 Å². The Labute approximate surface area is 172 Å². The minimum atomic E-state index is -3.84. The van der Waals surface area contributed by atoms with Crippen molar-refractivity contribution in [3.63, 3.8) is 0 Å². The zero-order chi connectivity index (χ0) is 21.0. The maximum Gasteiger partial charge on any atom is 0.349 e. The topological polar surface area (TPSA) is 128 Å². The number of methoxy groups -OCH3 is 1. The van der Waals surface area contributed by atoms with Crippen LogP contribution in [0.3, 0.4) is 0 Å². The highest BCUT2D eigenvalue weighted by Crippen LogP contribution is 2.22. The first-order valence-corrected chi connectivity index (χ1v) is 10.9. The van der Waals surface area contributed by atoms with Crippen LogP contribution in [0.2, 0.25) is 0 Å². The summed E-state index contributed by atoms with van der Waals surface area (Å²) in [6.07, 6.45) is 3.11. The highest BCUT2D eigenvalue weighted by molar-refractivity contribution is 7.89. The van der Waals surface area contributed by atoms with Gasteiger partial charge in [0, 0.05) is 24.8 Å². The van der Waals surface area contributed by atoms with Gasteiger partial charge in [0.25, 0.3) is 0 Å². The lowest BCUT2D eigenvalue weighted by Gasteiger charge is -2.10. The van der Waals surface area contributed by atoms with Crippen molar-refractivity contribution in [1.29, 1.82) is 0 Å².